The van der Waals surface area contributed by atoms with E-state index in [0.29, 0.717) is 0 Å². The van der Waals surface area contributed by atoms with E-state index in [4.69, 9.17) is 0 Å². The van der Waals surface area contributed by atoms with Crippen molar-refractivity contribution in [1.29, 1.82) is 0 Å². The lowest BCUT2D eigenvalue weighted by molar-refractivity contribution is 1.17. The molecule has 0 spiro atoms. The van der Waals surface area contributed by atoms with Gasteiger partial charge in [0.25, 0.3) is 0 Å². The predicted octanol–water partition coefficient (Wildman–Crippen LogP) is 3.12. The van der Waals surface area contributed by atoms with Gasteiger partial charge in [-0.15, -0.1) is 0 Å². The van der Waals surface area contributed by atoms with E-state index in [9.17, 15) is 0 Å². The molecule has 0 aromatic rings. The molecule has 0 bridgehead atoms. The molecule has 0 unspecified atom stereocenters. The van der Waals surface area contributed by atoms with Gasteiger partial charge in [0.05, 0.1) is 0 Å². The Morgan fingerprint density at radius 2 is 2.22 bits per heavy atom. The Labute approximate surface area is 58.3 Å². The van der Waals surface area contributed by atoms with Crippen molar-refractivity contribution in [3.8, 4) is 0 Å². The van der Waals surface area contributed by atoms with E-state index < -0.39 is 0 Å². The Morgan fingerprint density at radius 3 is 2.67 bits per heavy atom. The highest BCUT2D eigenvalue weighted by Gasteiger charge is 1.80. The van der Waals surface area contributed by atoms with Crippen molar-refractivity contribution in [2.75, 3.05) is 0 Å². The first-order valence-electron chi connectivity index (χ1n) is 3.37. The van der Waals surface area contributed by atoms with Crippen LogP contribution in [-0.2, 0) is 0 Å². The van der Waals surface area contributed by atoms with Gasteiger partial charge < -0.3 is 0 Å². The summed E-state index contributed by atoms with van der Waals surface area (Å²) in [5.74, 6) is 0. The molecule has 0 heterocycles. The van der Waals surface area contributed by atoms with Gasteiger partial charge in [-0.3, -0.25) is 0 Å². The van der Waals surface area contributed by atoms with Gasteiger partial charge in [-0.2, -0.15) is 0 Å². The molecule has 0 aromatic heterocycles. The van der Waals surface area contributed by atoms with Crippen molar-refractivity contribution in [3.63, 3.8) is 0 Å². The lowest BCUT2D eigenvalue weighted by atomic mass is 10.2. The van der Waals surface area contributed by atoms with Crippen molar-refractivity contribution >= 4 is 0 Å². The van der Waals surface area contributed by atoms with E-state index in [1.807, 2.05) is 6.92 Å². The highest BCUT2D eigenvalue weighted by atomic mass is 13.9. The molecule has 0 saturated carbocycles. The maximum atomic E-state index is 3.73. The maximum absolute atomic E-state index is 3.73. The first-order valence-corrected chi connectivity index (χ1v) is 3.37. The third kappa shape index (κ3) is 5.35. The third-order valence-electron chi connectivity index (χ3n) is 1.17. The standard InChI is InChI=1S/C9H15/c1-4-6-8-9(3)7-5-2/h4,6-7H,2,5,8H2,1,3H3. The summed E-state index contributed by atoms with van der Waals surface area (Å²) in [4.78, 5) is 0. The van der Waals surface area contributed by atoms with Gasteiger partial charge in [-0.1, -0.05) is 23.8 Å². The van der Waals surface area contributed by atoms with Crippen LogP contribution in [0, 0.1) is 6.92 Å². The Kier molecular flexibility index (Phi) is 5.29. The fourth-order valence-corrected chi connectivity index (χ4v) is 0.633. The van der Waals surface area contributed by atoms with Crippen molar-refractivity contribution in [2.45, 2.75) is 26.7 Å². The molecular formula is C9H15. The van der Waals surface area contributed by atoms with Gasteiger partial charge in [0, 0.05) is 0 Å². The SMILES string of the molecule is [CH2]CC=C(C)CC=CC. The predicted molar refractivity (Wildman–Crippen MR) is 43.2 cm³/mol. The van der Waals surface area contributed by atoms with Crippen LogP contribution >= 0.6 is 0 Å². The molecule has 0 amide bonds. The van der Waals surface area contributed by atoms with Crippen molar-refractivity contribution in [3.05, 3.63) is 30.7 Å². The van der Waals surface area contributed by atoms with Gasteiger partial charge in [-0.25, -0.2) is 0 Å². The number of hydrogen-bond acceptors (Lipinski definition) is 0. The molecule has 1 radical (unpaired) electrons. The monoisotopic (exact) mass is 123 g/mol. The Hall–Kier alpha value is -0.520. The zero-order valence-electron chi connectivity index (χ0n) is 6.35. The van der Waals surface area contributed by atoms with Gasteiger partial charge in [0.1, 0.15) is 0 Å². The van der Waals surface area contributed by atoms with E-state index in [-0.39, 0.29) is 0 Å². The fraction of sp³-hybridized carbons (Fsp3) is 0.444. The Balaban J connectivity index is 3.49. The molecule has 0 N–H and O–H groups in total. The summed E-state index contributed by atoms with van der Waals surface area (Å²) in [6.07, 6.45) is 8.36. The molecule has 0 nitrogen and oxygen atoms in total. The molecule has 0 rings (SSSR count). The van der Waals surface area contributed by atoms with Gasteiger partial charge in [-0.05, 0) is 33.6 Å². The number of hydrogen-bond donors (Lipinski definition) is 0. The van der Waals surface area contributed by atoms with Crippen LogP contribution in [0.1, 0.15) is 26.7 Å². The Bertz CT molecular complexity index is 107. The van der Waals surface area contributed by atoms with Crippen LogP contribution in [0.4, 0.5) is 0 Å². The minimum absolute atomic E-state index is 0.906. The Morgan fingerprint density at radius 1 is 1.56 bits per heavy atom. The molecule has 0 fully saturated rings. The summed E-state index contributed by atoms with van der Waals surface area (Å²) in [7, 11) is 0. The topological polar surface area (TPSA) is 0 Å². The summed E-state index contributed by atoms with van der Waals surface area (Å²) >= 11 is 0. The van der Waals surface area contributed by atoms with Crippen LogP contribution in [0.3, 0.4) is 0 Å². The summed E-state index contributed by atoms with van der Waals surface area (Å²) in [6.45, 7) is 7.90. The second kappa shape index (κ2) is 5.61. The van der Waals surface area contributed by atoms with Crippen LogP contribution < -0.4 is 0 Å². The number of allylic oxidation sites excluding steroid dienone is 4. The lowest BCUT2D eigenvalue weighted by Crippen LogP contribution is -1.70. The van der Waals surface area contributed by atoms with Gasteiger partial charge in [0.15, 0.2) is 0 Å². The minimum Gasteiger partial charge on any atom is -0.0913 e. The highest BCUT2D eigenvalue weighted by molar-refractivity contribution is 5.03. The molecular weight excluding hydrogens is 108 g/mol. The summed E-state index contributed by atoms with van der Waals surface area (Å²) < 4.78 is 0. The molecule has 0 aliphatic heterocycles. The van der Waals surface area contributed by atoms with E-state index in [0.717, 1.165) is 12.8 Å². The second-order valence-corrected chi connectivity index (χ2v) is 2.11. The average Bonchev–Trinajstić information content (AvgIpc) is 1.85. The molecule has 0 aliphatic carbocycles. The van der Waals surface area contributed by atoms with Crippen molar-refractivity contribution < 1.29 is 0 Å². The van der Waals surface area contributed by atoms with Crippen LogP contribution in [0.25, 0.3) is 0 Å². The zero-order valence-corrected chi connectivity index (χ0v) is 6.35. The van der Waals surface area contributed by atoms with Crippen molar-refractivity contribution in [2.24, 2.45) is 0 Å². The normalized spacial score (nSPS) is 13.0. The molecule has 0 heteroatoms. The van der Waals surface area contributed by atoms with Gasteiger partial charge in [0.2, 0.25) is 0 Å². The fourth-order valence-electron chi connectivity index (χ4n) is 0.633. The number of rotatable bonds is 3. The maximum Gasteiger partial charge on any atom is -0.0142 e. The molecule has 0 saturated heterocycles. The smallest absolute Gasteiger partial charge is 0.0142 e. The molecule has 0 aliphatic rings. The first kappa shape index (κ1) is 8.48. The molecule has 0 atom stereocenters. The molecule has 0 aromatic carbocycles. The average molecular weight is 123 g/mol. The molecule has 9 heavy (non-hydrogen) atoms. The van der Waals surface area contributed by atoms with E-state index in [2.05, 4.69) is 32.1 Å². The minimum atomic E-state index is 0.906. The summed E-state index contributed by atoms with van der Waals surface area (Å²) in [5, 5.41) is 0. The van der Waals surface area contributed by atoms with E-state index in [1.165, 1.54) is 5.57 Å². The zero-order chi connectivity index (χ0) is 7.11. The van der Waals surface area contributed by atoms with Gasteiger partial charge >= 0.3 is 0 Å². The van der Waals surface area contributed by atoms with Crippen LogP contribution in [0.5, 0.6) is 0 Å². The lowest BCUT2D eigenvalue weighted by Gasteiger charge is -1.91. The van der Waals surface area contributed by atoms with Crippen LogP contribution in [0.2, 0.25) is 0 Å². The first-order chi connectivity index (χ1) is 4.31. The van der Waals surface area contributed by atoms with Crippen LogP contribution in [-0.4, -0.2) is 0 Å². The molecule has 51 valence electrons. The second-order valence-electron chi connectivity index (χ2n) is 2.11. The quantitative estimate of drug-likeness (QED) is 0.506. The van der Waals surface area contributed by atoms with E-state index in [1.54, 1.807) is 0 Å². The van der Waals surface area contributed by atoms with E-state index >= 15 is 0 Å². The third-order valence-corrected chi connectivity index (χ3v) is 1.17. The highest BCUT2D eigenvalue weighted by Crippen LogP contribution is 2.01. The van der Waals surface area contributed by atoms with Crippen LogP contribution in [0.15, 0.2) is 23.8 Å². The van der Waals surface area contributed by atoms with Crippen molar-refractivity contribution in [1.82, 2.24) is 0 Å². The largest absolute Gasteiger partial charge is 0.0913 e. The summed E-state index contributed by atoms with van der Waals surface area (Å²) in [5.41, 5.74) is 1.41. The summed E-state index contributed by atoms with van der Waals surface area (Å²) in [6, 6.07) is 0.